The van der Waals surface area contributed by atoms with Crippen LogP contribution in [0.25, 0.3) is 0 Å². The van der Waals surface area contributed by atoms with E-state index in [1.54, 1.807) is 0 Å². The minimum atomic E-state index is -0.677. The normalized spacial score (nSPS) is 20.1. The van der Waals surface area contributed by atoms with Gasteiger partial charge in [-0.3, -0.25) is 4.79 Å². The molecule has 0 radical (unpaired) electrons. The number of hydrogen-bond donors (Lipinski definition) is 2. The Balaban J connectivity index is 1.83. The van der Waals surface area contributed by atoms with Crippen molar-refractivity contribution in [2.24, 2.45) is 0 Å². The van der Waals surface area contributed by atoms with Gasteiger partial charge in [0, 0.05) is 12.0 Å². The molecule has 1 amide bonds. The van der Waals surface area contributed by atoms with Gasteiger partial charge in [0.25, 0.3) is 5.91 Å². The average molecular weight is 306 g/mol. The molecule has 0 saturated heterocycles. The van der Waals surface area contributed by atoms with Crippen molar-refractivity contribution in [3.05, 3.63) is 70.0 Å². The molecule has 2 N–H and O–H groups in total. The van der Waals surface area contributed by atoms with Crippen molar-refractivity contribution < 1.29 is 14.3 Å². The summed E-state index contributed by atoms with van der Waals surface area (Å²) in [5.41, 5.74) is 2.08. The Bertz CT molecular complexity index is 704. The molecule has 108 valence electrons. The lowest BCUT2D eigenvalue weighted by Gasteiger charge is -2.18. The number of halogens is 2. The minimum Gasteiger partial charge on any atom is -0.390 e. The van der Waals surface area contributed by atoms with E-state index in [-0.39, 0.29) is 10.6 Å². The van der Waals surface area contributed by atoms with Crippen LogP contribution in [0.4, 0.5) is 4.39 Å². The minimum absolute atomic E-state index is 0.0298. The zero-order valence-electron chi connectivity index (χ0n) is 11.0. The molecule has 21 heavy (non-hydrogen) atoms. The lowest BCUT2D eigenvalue weighted by Crippen LogP contribution is -2.33. The van der Waals surface area contributed by atoms with Gasteiger partial charge in [-0.05, 0) is 29.3 Å². The second kappa shape index (κ2) is 5.47. The van der Waals surface area contributed by atoms with E-state index in [4.69, 9.17) is 11.6 Å². The van der Waals surface area contributed by atoms with Crippen LogP contribution in [-0.4, -0.2) is 17.1 Å². The van der Waals surface area contributed by atoms with E-state index in [1.165, 1.54) is 12.1 Å². The van der Waals surface area contributed by atoms with E-state index in [9.17, 15) is 14.3 Å². The first kappa shape index (κ1) is 14.0. The van der Waals surface area contributed by atoms with Crippen molar-refractivity contribution in [1.29, 1.82) is 0 Å². The van der Waals surface area contributed by atoms with Crippen LogP contribution in [0.2, 0.25) is 5.02 Å². The van der Waals surface area contributed by atoms with Crippen molar-refractivity contribution >= 4 is 17.5 Å². The zero-order valence-corrected chi connectivity index (χ0v) is 11.8. The monoisotopic (exact) mass is 305 g/mol. The first-order chi connectivity index (χ1) is 10.1. The van der Waals surface area contributed by atoms with E-state index in [0.717, 1.165) is 17.2 Å². The van der Waals surface area contributed by atoms with Crippen LogP contribution < -0.4 is 5.32 Å². The zero-order chi connectivity index (χ0) is 15.0. The van der Waals surface area contributed by atoms with Gasteiger partial charge in [-0.25, -0.2) is 4.39 Å². The number of hydrogen-bond acceptors (Lipinski definition) is 2. The van der Waals surface area contributed by atoms with Crippen LogP contribution in [-0.2, 0) is 6.42 Å². The summed E-state index contributed by atoms with van der Waals surface area (Å²) in [6, 6.07) is 10.9. The molecular weight excluding hydrogens is 293 g/mol. The van der Waals surface area contributed by atoms with Gasteiger partial charge in [0.05, 0.1) is 17.2 Å². The number of benzene rings is 2. The van der Waals surface area contributed by atoms with Crippen LogP contribution in [0.1, 0.15) is 27.5 Å². The molecule has 0 saturated carbocycles. The summed E-state index contributed by atoms with van der Waals surface area (Å²) in [7, 11) is 0. The Morgan fingerprint density at radius 1 is 1.29 bits per heavy atom. The Morgan fingerprint density at radius 2 is 2.05 bits per heavy atom. The molecule has 1 aliphatic carbocycles. The number of carbonyl (C=O) groups is 1. The number of fused-ring (bicyclic) bond motifs is 1. The summed E-state index contributed by atoms with van der Waals surface area (Å²) in [6.45, 7) is 0. The van der Waals surface area contributed by atoms with Crippen LogP contribution in [0, 0.1) is 5.82 Å². The highest BCUT2D eigenvalue weighted by Crippen LogP contribution is 2.31. The van der Waals surface area contributed by atoms with Crippen LogP contribution in [0.3, 0.4) is 0 Å². The third kappa shape index (κ3) is 2.64. The molecule has 0 heterocycles. The maximum Gasteiger partial charge on any atom is 0.251 e. The van der Waals surface area contributed by atoms with Crippen molar-refractivity contribution in [3.8, 4) is 0 Å². The van der Waals surface area contributed by atoms with Crippen molar-refractivity contribution in [1.82, 2.24) is 5.32 Å². The van der Waals surface area contributed by atoms with Gasteiger partial charge in [-0.15, -0.1) is 0 Å². The van der Waals surface area contributed by atoms with Gasteiger partial charge in [0.1, 0.15) is 5.82 Å². The SMILES string of the molecule is O=C(NC1c2ccccc2CC1O)c1ccc(Cl)c(F)c1. The summed E-state index contributed by atoms with van der Waals surface area (Å²) in [6.07, 6.45) is -0.181. The van der Waals surface area contributed by atoms with Crippen LogP contribution in [0.15, 0.2) is 42.5 Å². The molecule has 2 aromatic carbocycles. The fourth-order valence-electron chi connectivity index (χ4n) is 2.61. The lowest BCUT2D eigenvalue weighted by molar-refractivity contribution is 0.0858. The maximum atomic E-state index is 13.4. The number of amides is 1. The van der Waals surface area contributed by atoms with E-state index >= 15 is 0 Å². The lowest BCUT2D eigenvalue weighted by atomic mass is 10.1. The Kier molecular flexibility index (Phi) is 3.66. The fraction of sp³-hybridized carbons (Fsp3) is 0.188. The molecule has 3 nitrogen and oxygen atoms in total. The van der Waals surface area contributed by atoms with Gasteiger partial charge in [-0.2, -0.15) is 0 Å². The molecule has 2 unspecified atom stereocenters. The number of aliphatic hydroxyl groups is 1. The summed E-state index contributed by atoms with van der Waals surface area (Å²) in [5.74, 6) is -1.08. The molecule has 0 spiro atoms. The Morgan fingerprint density at radius 3 is 2.81 bits per heavy atom. The molecule has 2 aromatic rings. The second-order valence-electron chi connectivity index (χ2n) is 5.05. The predicted molar refractivity (Wildman–Crippen MR) is 77.8 cm³/mol. The number of rotatable bonds is 2. The first-order valence-corrected chi connectivity index (χ1v) is 6.96. The molecule has 0 aliphatic heterocycles. The van der Waals surface area contributed by atoms with E-state index in [1.807, 2.05) is 24.3 Å². The largest absolute Gasteiger partial charge is 0.390 e. The van der Waals surface area contributed by atoms with Crippen LogP contribution in [0.5, 0.6) is 0 Å². The summed E-state index contributed by atoms with van der Waals surface area (Å²) in [4.78, 5) is 12.2. The molecule has 5 heteroatoms. The molecule has 0 fully saturated rings. The number of nitrogens with one attached hydrogen (secondary N) is 1. The molecule has 0 bridgehead atoms. The standard InChI is InChI=1S/C16H13ClFNO2/c17-12-6-5-10(7-13(12)18)16(21)19-15-11-4-2-1-3-9(11)8-14(15)20/h1-7,14-15,20H,8H2,(H,19,21). The Labute approximate surface area is 126 Å². The second-order valence-corrected chi connectivity index (χ2v) is 5.46. The van der Waals surface area contributed by atoms with Gasteiger partial charge in [0.15, 0.2) is 0 Å². The molecular formula is C16H13ClFNO2. The molecule has 0 aromatic heterocycles. The molecule has 2 atom stereocenters. The van der Waals surface area contributed by atoms with Gasteiger partial charge in [-0.1, -0.05) is 35.9 Å². The molecule has 1 aliphatic rings. The number of carbonyl (C=O) groups excluding carboxylic acids is 1. The highest BCUT2D eigenvalue weighted by molar-refractivity contribution is 6.30. The topological polar surface area (TPSA) is 49.3 Å². The molecule has 3 rings (SSSR count). The summed E-state index contributed by atoms with van der Waals surface area (Å²) in [5, 5.41) is 12.8. The fourth-order valence-corrected chi connectivity index (χ4v) is 2.73. The highest BCUT2D eigenvalue weighted by atomic mass is 35.5. The quantitative estimate of drug-likeness (QED) is 0.896. The summed E-state index contributed by atoms with van der Waals surface area (Å²) < 4.78 is 13.4. The predicted octanol–water partition coefficient (Wildman–Crippen LogP) is 2.87. The smallest absolute Gasteiger partial charge is 0.251 e. The van der Waals surface area contributed by atoms with Gasteiger partial charge < -0.3 is 10.4 Å². The summed E-state index contributed by atoms with van der Waals surface area (Å²) >= 11 is 5.60. The van der Waals surface area contributed by atoms with Crippen molar-refractivity contribution in [2.45, 2.75) is 18.6 Å². The van der Waals surface area contributed by atoms with Gasteiger partial charge in [0.2, 0.25) is 0 Å². The van der Waals surface area contributed by atoms with E-state index < -0.39 is 23.9 Å². The van der Waals surface area contributed by atoms with Crippen LogP contribution >= 0.6 is 11.6 Å². The van der Waals surface area contributed by atoms with E-state index in [0.29, 0.717) is 6.42 Å². The third-order valence-corrected chi connectivity index (χ3v) is 3.98. The highest BCUT2D eigenvalue weighted by Gasteiger charge is 2.32. The van der Waals surface area contributed by atoms with Crippen molar-refractivity contribution in [3.63, 3.8) is 0 Å². The number of aliphatic hydroxyl groups excluding tert-OH is 1. The maximum absolute atomic E-state index is 13.4. The van der Waals surface area contributed by atoms with Gasteiger partial charge >= 0.3 is 0 Å². The average Bonchev–Trinajstić information content (AvgIpc) is 2.78. The Hall–Kier alpha value is -1.91. The third-order valence-electron chi connectivity index (χ3n) is 3.67. The van der Waals surface area contributed by atoms with E-state index in [2.05, 4.69) is 5.32 Å². The van der Waals surface area contributed by atoms with Crippen molar-refractivity contribution in [2.75, 3.05) is 0 Å². The first-order valence-electron chi connectivity index (χ1n) is 6.58.